The van der Waals surface area contributed by atoms with E-state index in [1.165, 1.54) is 12.1 Å². The van der Waals surface area contributed by atoms with Gasteiger partial charge >= 0.3 is 5.97 Å². The van der Waals surface area contributed by atoms with Gasteiger partial charge in [0, 0.05) is 23.7 Å². The number of esters is 1. The molecule has 3 aliphatic rings. The van der Waals surface area contributed by atoms with Crippen LogP contribution >= 0.6 is 0 Å². The van der Waals surface area contributed by atoms with Crippen molar-refractivity contribution in [1.29, 1.82) is 0 Å². The Labute approximate surface area is 182 Å². The summed E-state index contributed by atoms with van der Waals surface area (Å²) in [7, 11) is 0. The number of carbonyl (C=O) groups is 1. The van der Waals surface area contributed by atoms with E-state index in [9.17, 15) is 9.18 Å². The zero-order valence-electron chi connectivity index (χ0n) is 17.8. The number of ether oxygens (including phenoxy) is 1. The number of aromatic nitrogens is 1. The molecule has 7 atom stereocenters. The molecule has 5 heteroatoms. The van der Waals surface area contributed by atoms with Crippen molar-refractivity contribution in [2.45, 2.75) is 44.8 Å². The Kier molecular flexibility index (Phi) is 5.39. The van der Waals surface area contributed by atoms with Crippen LogP contribution in [-0.2, 0) is 9.53 Å². The van der Waals surface area contributed by atoms with Gasteiger partial charge in [-0.05, 0) is 80.2 Å². The quantitative estimate of drug-likeness (QED) is 0.722. The van der Waals surface area contributed by atoms with E-state index in [1.807, 2.05) is 25.1 Å². The molecule has 2 saturated carbocycles. The van der Waals surface area contributed by atoms with E-state index < -0.39 is 0 Å². The molecular weight excluding hydrogens is 391 g/mol. The van der Waals surface area contributed by atoms with Crippen LogP contribution in [0, 0.1) is 35.4 Å². The zero-order chi connectivity index (χ0) is 21.5. The average Bonchev–Trinajstić information content (AvgIpc) is 3.04. The summed E-state index contributed by atoms with van der Waals surface area (Å²) in [4.78, 5) is 17.1. The van der Waals surface area contributed by atoms with Gasteiger partial charge in [0.25, 0.3) is 0 Å². The monoisotopic (exact) mass is 420 g/mol. The van der Waals surface area contributed by atoms with Gasteiger partial charge in [0.05, 0.1) is 11.6 Å². The number of allylic oxidation sites excluding steroid dienone is 1. The summed E-state index contributed by atoms with van der Waals surface area (Å²) in [5, 5.41) is 0. The summed E-state index contributed by atoms with van der Waals surface area (Å²) >= 11 is 0. The lowest BCUT2D eigenvalue weighted by Crippen LogP contribution is -2.46. The van der Waals surface area contributed by atoms with E-state index in [0.717, 1.165) is 42.5 Å². The lowest BCUT2D eigenvalue weighted by atomic mass is 9.57. The third-order valence-corrected chi connectivity index (χ3v) is 7.62. The fraction of sp³-hybridized carbons (Fsp3) is 0.462. The molecule has 5 rings (SSSR count). The van der Waals surface area contributed by atoms with Crippen LogP contribution in [0.5, 0.6) is 0 Å². The Hall–Kier alpha value is -2.53. The summed E-state index contributed by atoms with van der Waals surface area (Å²) in [5.74, 6) is 1.25. The van der Waals surface area contributed by atoms with Crippen molar-refractivity contribution < 1.29 is 13.9 Å². The third kappa shape index (κ3) is 3.91. The fourth-order valence-corrected chi connectivity index (χ4v) is 6.20. The number of rotatable bonds is 3. The van der Waals surface area contributed by atoms with Crippen LogP contribution in [-0.4, -0.2) is 23.1 Å². The largest absolute Gasteiger partial charge is 0.462 e. The second-order valence-electron chi connectivity index (χ2n) is 9.48. The zero-order valence-corrected chi connectivity index (χ0v) is 17.8. The fourth-order valence-electron chi connectivity index (χ4n) is 6.20. The predicted molar refractivity (Wildman–Crippen MR) is 118 cm³/mol. The third-order valence-electron chi connectivity index (χ3n) is 7.62. The molecule has 0 radical (unpaired) electrons. The average molecular weight is 421 g/mol. The van der Waals surface area contributed by atoms with E-state index in [-0.39, 0.29) is 35.8 Å². The molecule has 31 heavy (non-hydrogen) atoms. The molecule has 2 N–H and O–H groups in total. The number of benzene rings is 1. The van der Waals surface area contributed by atoms with Gasteiger partial charge in [0.2, 0.25) is 0 Å². The topological polar surface area (TPSA) is 65.2 Å². The maximum absolute atomic E-state index is 13.5. The molecule has 4 unspecified atom stereocenters. The van der Waals surface area contributed by atoms with Crippen LogP contribution in [0.25, 0.3) is 17.2 Å². The molecule has 1 aromatic heterocycles. The maximum Gasteiger partial charge on any atom is 0.309 e. The van der Waals surface area contributed by atoms with Crippen LogP contribution in [0.15, 0.2) is 48.7 Å². The molecule has 162 valence electrons. The highest BCUT2D eigenvalue weighted by Crippen LogP contribution is 2.53. The minimum Gasteiger partial charge on any atom is -0.462 e. The molecule has 4 nitrogen and oxygen atoms in total. The van der Waals surface area contributed by atoms with Gasteiger partial charge in [-0.3, -0.25) is 9.78 Å². The lowest BCUT2D eigenvalue weighted by molar-refractivity contribution is -0.144. The first-order chi connectivity index (χ1) is 15.0. The van der Waals surface area contributed by atoms with Gasteiger partial charge in [-0.2, -0.15) is 0 Å². The Bertz CT molecular complexity index is 989. The highest BCUT2D eigenvalue weighted by Gasteiger charge is 2.54. The second-order valence-corrected chi connectivity index (χ2v) is 9.48. The van der Waals surface area contributed by atoms with Crippen molar-refractivity contribution in [1.82, 2.24) is 4.98 Å². The second kappa shape index (κ2) is 8.19. The van der Waals surface area contributed by atoms with Gasteiger partial charge < -0.3 is 10.5 Å². The van der Waals surface area contributed by atoms with Crippen LogP contribution < -0.4 is 5.73 Å². The first kappa shape index (κ1) is 20.4. The molecule has 2 aromatic rings. The molecule has 3 fully saturated rings. The number of hydrogen-bond acceptors (Lipinski definition) is 4. The molecule has 0 amide bonds. The number of nitrogens with two attached hydrogens (primary N) is 1. The van der Waals surface area contributed by atoms with E-state index >= 15 is 0 Å². The summed E-state index contributed by atoms with van der Waals surface area (Å²) in [6.07, 6.45) is 10.1. The minimum atomic E-state index is -0.252. The Morgan fingerprint density at radius 1 is 1.16 bits per heavy atom. The maximum atomic E-state index is 13.5. The molecule has 1 aliphatic heterocycles. The SMILES string of the molecule is C[C@H]1OC(=O)C2C[C@@H]3CC(N)CCC3C(C=Cc3ccc(-c4cccc(F)c4)cn3)[C@@H]21. The van der Waals surface area contributed by atoms with E-state index in [1.54, 1.807) is 12.3 Å². The van der Waals surface area contributed by atoms with Crippen molar-refractivity contribution in [3.63, 3.8) is 0 Å². The molecular formula is C26H29FN2O2. The Morgan fingerprint density at radius 2 is 2.03 bits per heavy atom. The van der Waals surface area contributed by atoms with Gasteiger partial charge in [0.15, 0.2) is 0 Å². The number of cyclic esters (lactones) is 1. The summed E-state index contributed by atoms with van der Waals surface area (Å²) in [6.45, 7) is 2.03. The van der Waals surface area contributed by atoms with Crippen LogP contribution in [0.1, 0.15) is 38.3 Å². The van der Waals surface area contributed by atoms with Crippen molar-refractivity contribution >= 4 is 12.0 Å². The van der Waals surface area contributed by atoms with E-state index in [2.05, 4.69) is 17.1 Å². The van der Waals surface area contributed by atoms with Gasteiger partial charge in [-0.15, -0.1) is 0 Å². The molecule has 0 spiro atoms. The first-order valence-electron chi connectivity index (χ1n) is 11.4. The first-order valence-corrected chi connectivity index (χ1v) is 11.4. The smallest absolute Gasteiger partial charge is 0.309 e. The van der Waals surface area contributed by atoms with E-state index in [4.69, 9.17) is 10.5 Å². The van der Waals surface area contributed by atoms with Crippen LogP contribution in [0.4, 0.5) is 4.39 Å². The number of halogens is 1. The summed E-state index contributed by atoms with van der Waals surface area (Å²) in [5.41, 5.74) is 8.82. The number of fused-ring (bicyclic) bond motifs is 2. The predicted octanol–water partition coefficient (Wildman–Crippen LogP) is 4.84. The van der Waals surface area contributed by atoms with E-state index in [0.29, 0.717) is 17.8 Å². The number of hydrogen-bond donors (Lipinski definition) is 1. The highest BCUT2D eigenvalue weighted by atomic mass is 19.1. The molecule has 0 bridgehead atoms. The standard InChI is InChI=1S/C26H29FN2O2/c1-15-25-23(22-9-6-20(28)12-18(22)13-24(25)26(30)31-15)10-8-21-7-5-17(14-29-21)16-3-2-4-19(27)11-16/h2-5,7-8,10-11,14-15,18,20,22-25H,6,9,12-13,28H2,1H3/t15-,18+,20?,22?,23?,24?,25+/m1/s1. The van der Waals surface area contributed by atoms with Gasteiger partial charge in [-0.1, -0.05) is 24.3 Å². The van der Waals surface area contributed by atoms with Crippen molar-refractivity contribution in [3.8, 4) is 11.1 Å². The number of pyridine rings is 1. The molecule has 1 aromatic carbocycles. The molecule has 2 heterocycles. The summed E-state index contributed by atoms with van der Waals surface area (Å²) < 4.78 is 19.2. The minimum absolute atomic E-state index is 0.0143. The highest BCUT2D eigenvalue weighted by molar-refractivity contribution is 5.75. The van der Waals surface area contributed by atoms with Gasteiger partial charge in [-0.25, -0.2) is 4.39 Å². The molecule has 2 aliphatic carbocycles. The van der Waals surface area contributed by atoms with Crippen LogP contribution in [0.3, 0.4) is 0 Å². The Balaban J connectivity index is 1.39. The molecule has 1 saturated heterocycles. The number of nitrogens with zero attached hydrogens (tertiary/aromatic N) is 1. The van der Waals surface area contributed by atoms with Crippen molar-refractivity contribution in [2.24, 2.45) is 35.3 Å². The number of carbonyl (C=O) groups excluding carboxylic acids is 1. The van der Waals surface area contributed by atoms with Crippen molar-refractivity contribution in [3.05, 3.63) is 60.2 Å². The normalized spacial score (nSPS) is 34.9. The van der Waals surface area contributed by atoms with Crippen molar-refractivity contribution in [2.75, 3.05) is 0 Å². The Morgan fingerprint density at radius 3 is 2.81 bits per heavy atom. The van der Waals surface area contributed by atoms with Crippen LogP contribution in [0.2, 0.25) is 0 Å². The lowest BCUT2D eigenvalue weighted by Gasteiger charge is -2.47. The van der Waals surface area contributed by atoms with Gasteiger partial charge in [0.1, 0.15) is 11.9 Å². The summed E-state index contributed by atoms with van der Waals surface area (Å²) in [6, 6.07) is 10.7.